The number of likely N-dealkylation sites (tertiary alicyclic amines) is 1. The van der Waals surface area contributed by atoms with Gasteiger partial charge >= 0.3 is 0 Å². The molecule has 1 atom stereocenters. The minimum atomic E-state index is -0.799. The largest absolute Gasteiger partial charge is 0.507 e. The van der Waals surface area contributed by atoms with Gasteiger partial charge in [0.2, 0.25) is 0 Å². The number of hydrogen-bond acceptors (Lipinski definition) is 5. The number of Topliss-reactive ketones (excluding diaryl/α,β-unsaturated/α-hetero) is 1. The fourth-order valence-corrected chi connectivity index (χ4v) is 5.07. The first-order chi connectivity index (χ1) is 18.7. The van der Waals surface area contributed by atoms with Crippen LogP contribution in [-0.4, -0.2) is 52.8 Å². The zero-order chi connectivity index (χ0) is 28.1. The molecule has 0 radical (unpaired) electrons. The lowest BCUT2D eigenvalue weighted by atomic mass is 9.95. The van der Waals surface area contributed by atoms with Crippen LogP contribution in [0.1, 0.15) is 42.1 Å². The summed E-state index contributed by atoms with van der Waals surface area (Å²) in [6.45, 7) is 9.06. The Morgan fingerprint density at radius 1 is 0.974 bits per heavy atom. The fraction of sp³-hybridized carbons (Fsp3) is 0.290. The second-order valence-corrected chi connectivity index (χ2v) is 10.3. The third kappa shape index (κ3) is 6.47. The highest BCUT2D eigenvalue weighted by Crippen LogP contribution is 2.41. The van der Waals surface area contributed by atoms with Gasteiger partial charge in [0, 0.05) is 18.7 Å². The Bertz CT molecular complexity index is 1380. The van der Waals surface area contributed by atoms with Crippen LogP contribution in [0.5, 0.6) is 5.75 Å². The monoisotopic (exact) mass is 566 g/mol. The summed E-state index contributed by atoms with van der Waals surface area (Å²) in [6, 6.07) is 19.1. The Balaban J connectivity index is 1.66. The summed E-state index contributed by atoms with van der Waals surface area (Å²) in [7, 11) is 0. The smallest absolute Gasteiger partial charge is 0.295 e. The fourth-order valence-electron chi connectivity index (χ4n) is 4.76. The Morgan fingerprint density at radius 3 is 2.33 bits per heavy atom. The number of rotatable bonds is 10. The first-order valence-corrected chi connectivity index (χ1v) is 13.7. The van der Waals surface area contributed by atoms with Crippen LogP contribution in [0, 0.1) is 6.92 Å². The summed E-state index contributed by atoms with van der Waals surface area (Å²) >= 11 is 12.5. The number of likely N-dealkylation sites (N-methyl/N-ethyl adjacent to an activating group) is 1. The topological polar surface area (TPSA) is 70.1 Å². The van der Waals surface area contributed by atoms with Crippen LogP contribution in [0.4, 0.5) is 0 Å². The van der Waals surface area contributed by atoms with E-state index in [-0.39, 0.29) is 11.3 Å². The van der Waals surface area contributed by atoms with Gasteiger partial charge < -0.3 is 19.6 Å². The molecule has 1 amide bonds. The number of carbonyl (C=O) groups excluding carboxylic acids is 2. The molecule has 1 N–H and O–H groups in total. The SMILES string of the molecule is CCN(CC)CCN1C(=O)C(=O)C(=C(O)c2ccc(OCc3cccc(C)c3)cc2)C1c1ccc(Cl)c(Cl)c1. The average Bonchev–Trinajstić information content (AvgIpc) is 3.19. The number of hydrogen-bond donors (Lipinski definition) is 1. The summed E-state index contributed by atoms with van der Waals surface area (Å²) in [5.74, 6) is -1.02. The molecule has 4 rings (SSSR count). The Kier molecular flexibility index (Phi) is 9.33. The molecule has 3 aromatic rings. The van der Waals surface area contributed by atoms with Crippen LogP contribution in [0.2, 0.25) is 10.0 Å². The quantitative estimate of drug-likeness (QED) is 0.169. The molecular weight excluding hydrogens is 535 g/mol. The van der Waals surface area contributed by atoms with E-state index in [1.807, 2.05) is 39.0 Å². The van der Waals surface area contributed by atoms with E-state index in [9.17, 15) is 14.7 Å². The molecule has 39 heavy (non-hydrogen) atoms. The number of halogens is 2. The van der Waals surface area contributed by atoms with E-state index in [4.69, 9.17) is 27.9 Å². The predicted molar refractivity (Wildman–Crippen MR) is 155 cm³/mol. The van der Waals surface area contributed by atoms with E-state index in [0.29, 0.717) is 46.6 Å². The zero-order valence-corrected chi connectivity index (χ0v) is 23.8. The summed E-state index contributed by atoms with van der Waals surface area (Å²) < 4.78 is 5.89. The Morgan fingerprint density at radius 2 is 1.69 bits per heavy atom. The van der Waals surface area contributed by atoms with E-state index in [1.165, 1.54) is 4.90 Å². The van der Waals surface area contributed by atoms with Crippen LogP contribution in [0.15, 0.2) is 72.3 Å². The third-order valence-electron chi connectivity index (χ3n) is 6.97. The Hall–Kier alpha value is -3.32. The van der Waals surface area contributed by atoms with Crippen molar-refractivity contribution < 1.29 is 19.4 Å². The number of aliphatic hydroxyl groups excluding tert-OH is 1. The van der Waals surface area contributed by atoms with Crippen LogP contribution >= 0.6 is 23.2 Å². The molecule has 1 saturated heterocycles. The zero-order valence-electron chi connectivity index (χ0n) is 22.3. The van der Waals surface area contributed by atoms with Crippen molar-refractivity contribution in [3.05, 3.63) is 105 Å². The van der Waals surface area contributed by atoms with Gasteiger partial charge in [-0.25, -0.2) is 0 Å². The van der Waals surface area contributed by atoms with Gasteiger partial charge in [0.1, 0.15) is 18.1 Å². The van der Waals surface area contributed by atoms with Crippen molar-refractivity contribution in [3.63, 3.8) is 0 Å². The number of benzene rings is 3. The van der Waals surface area contributed by atoms with Crippen molar-refractivity contribution in [1.82, 2.24) is 9.80 Å². The number of aryl methyl sites for hydroxylation is 1. The van der Waals surface area contributed by atoms with Gasteiger partial charge in [-0.1, -0.05) is 72.9 Å². The van der Waals surface area contributed by atoms with Crippen molar-refractivity contribution in [2.45, 2.75) is 33.4 Å². The van der Waals surface area contributed by atoms with Gasteiger partial charge in [-0.05, 0) is 67.5 Å². The maximum Gasteiger partial charge on any atom is 0.295 e. The van der Waals surface area contributed by atoms with E-state index >= 15 is 0 Å². The van der Waals surface area contributed by atoms with Gasteiger partial charge in [0.05, 0.1) is 21.7 Å². The molecular formula is C31H32Cl2N2O4. The minimum Gasteiger partial charge on any atom is -0.507 e. The second kappa shape index (κ2) is 12.7. The molecule has 0 aromatic heterocycles. The van der Waals surface area contributed by atoms with Gasteiger partial charge in [0.15, 0.2) is 0 Å². The van der Waals surface area contributed by atoms with Gasteiger partial charge in [-0.15, -0.1) is 0 Å². The van der Waals surface area contributed by atoms with E-state index in [0.717, 1.165) is 24.2 Å². The number of ether oxygens (including phenoxy) is 1. The average molecular weight is 568 g/mol. The highest BCUT2D eigenvalue weighted by atomic mass is 35.5. The lowest BCUT2D eigenvalue weighted by Crippen LogP contribution is -2.38. The molecule has 0 bridgehead atoms. The van der Waals surface area contributed by atoms with Crippen LogP contribution in [0.25, 0.3) is 5.76 Å². The standard InChI is InChI=1S/C31H32Cl2N2O4/c1-4-34(5-2)15-16-35-28(23-11-14-25(32)26(33)18-23)27(30(37)31(35)38)29(36)22-9-12-24(13-10-22)39-19-21-8-6-7-20(3)17-21/h6-14,17-18,28,36H,4-5,15-16,19H2,1-3H3. The van der Waals surface area contributed by atoms with Gasteiger partial charge in [-0.2, -0.15) is 0 Å². The summed E-state index contributed by atoms with van der Waals surface area (Å²) in [5, 5.41) is 12.0. The molecule has 0 spiro atoms. The molecule has 1 unspecified atom stereocenters. The molecule has 0 saturated carbocycles. The number of carbonyl (C=O) groups is 2. The van der Waals surface area contributed by atoms with E-state index < -0.39 is 17.7 Å². The number of nitrogens with zero attached hydrogens (tertiary/aromatic N) is 2. The normalized spacial score (nSPS) is 16.8. The molecule has 204 valence electrons. The molecule has 3 aromatic carbocycles. The number of aliphatic hydroxyl groups is 1. The first-order valence-electron chi connectivity index (χ1n) is 13.0. The van der Waals surface area contributed by atoms with Crippen molar-refractivity contribution >= 4 is 40.7 Å². The van der Waals surface area contributed by atoms with Crippen LogP contribution < -0.4 is 4.74 Å². The second-order valence-electron chi connectivity index (χ2n) is 9.50. The minimum absolute atomic E-state index is 0.0198. The van der Waals surface area contributed by atoms with Crippen molar-refractivity contribution in [2.75, 3.05) is 26.2 Å². The molecule has 6 nitrogen and oxygen atoms in total. The van der Waals surface area contributed by atoms with Crippen molar-refractivity contribution in [3.8, 4) is 5.75 Å². The maximum absolute atomic E-state index is 13.3. The van der Waals surface area contributed by atoms with Crippen LogP contribution in [0.3, 0.4) is 0 Å². The highest BCUT2D eigenvalue weighted by Gasteiger charge is 2.46. The van der Waals surface area contributed by atoms with E-state index in [2.05, 4.69) is 11.0 Å². The van der Waals surface area contributed by atoms with Crippen molar-refractivity contribution in [1.29, 1.82) is 0 Å². The van der Waals surface area contributed by atoms with Crippen molar-refractivity contribution in [2.24, 2.45) is 0 Å². The Labute approximate surface area is 239 Å². The molecule has 1 fully saturated rings. The molecule has 1 heterocycles. The summed E-state index contributed by atoms with van der Waals surface area (Å²) in [5.41, 5.74) is 3.23. The first kappa shape index (κ1) is 28.7. The molecule has 1 aliphatic heterocycles. The maximum atomic E-state index is 13.3. The molecule has 8 heteroatoms. The third-order valence-corrected chi connectivity index (χ3v) is 7.71. The summed E-state index contributed by atoms with van der Waals surface area (Å²) in [6.07, 6.45) is 0. The lowest BCUT2D eigenvalue weighted by Gasteiger charge is -2.28. The van der Waals surface area contributed by atoms with Crippen LogP contribution in [-0.2, 0) is 16.2 Å². The lowest BCUT2D eigenvalue weighted by molar-refractivity contribution is -0.140. The van der Waals surface area contributed by atoms with Gasteiger partial charge in [0.25, 0.3) is 11.7 Å². The predicted octanol–water partition coefficient (Wildman–Crippen LogP) is 6.64. The molecule has 1 aliphatic rings. The van der Waals surface area contributed by atoms with E-state index in [1.54, 1.807) is 42.5 Å². The molecule has 0 aliphatic carbocycles. The highest BCUT2D eigenvalue weighted by molar-refractivity contribution is 6.46. The number of ketones is 1. The van der Waals surface area contributed by atoms with Gasteiger partial charge in [-0.3, -0.25) is 9.59 Å². The summed E-state index contributed by atoms with van der Waals surface area (Å²) in [4.78, 5) is 30.2. The number of amides is 1.